The molecule has 20 heavy (non-hydrogen) atoms. The van der Waals surface area contributed by atoms with Crippen molar-refractivity contribution in [2.24, 2.45) is 5.92 Å². The number of nitrogens with one attached hydrogen (secondary N) is 1. The Kier molecular flexibility index (Phi) is 4.39. The number of carboxylic acid groups (broad SMARTS) is 1. The summed E-state index contributed by atoms with van der Waals surface area (Å²) in [4.78, 5) is 24.8. The van der Waals surface area contributed by atoms with Crippen LogP contribution in [0.2, 0.25) is 0 Å². The number of likely N-dealkylation sites (tertiary alicyclic amines) is 1. The Morgan fingerprint density at radius 1 is 1.60 bits per heavy atom. The van der Waals surface area contributed by atoms with Crippen molar-refractivity contribution in [3.05, 3.63) is 11.8 Å². The summed E-state index contributed by atoms with van der Waals surface area (Å²) in [6.45, 7) is 4.82. The van der Waals surface area contributed by atoms with Crippen molar-refractivity contribution < 1.29 is 19.2 Å². The van der Waals surface area contributed by atoms with E-state index in [1.54, 1.807) is 13.0 Å². The fourth-order valence-electron chi connectivity index (χ4n) is 2.55. The molecule has 0 bridgehead atoms. The van der Waals surface area contributed by atoms with Crippen LogP contribution in [0.4, 0.5) is 5.82 Å². The molecule has 0 saturated carbocycles. The number of anilines is 1. The number of nitrogens with zero attached hydrogens (tertiary/aromatic N) is 2. The van der Waals surface area contributed by atoms with Crippen molar-refractivity contribution in [2.45, 2.75) is 32.7 Å². The van der Waals surface area contributed by atoms with E-state index in [0.29, 0.717) is 24.7 Å². The van der Waals surface area contributed by atoms with E-state index in [4.69, 9.17) is 4.52 Å². The summed E-state index contributed by atoms with van der Waals surface area (Å²) in [5, 5.41) is 15.5. The van der Waals surface area contributed by atoms with Crippen LogP contribution in [0.3, 0.4) is 0 Å². The summed E-state index contributed by atoms with van der Waals surface area (Å²) in [6, 6.07) is 1.15. The molecule has 0 aliphatic carbocycles. The molecule has 2 rings (SSSR count). The Morgan fingerprint density at radius 2 is 2.35 bits per heavy atom. The molecule has 7 heteroatoms. The van der Waals surface area contributed by atoms with Gasteiger partial charge in [0.1, 0.15) is 11.8 Å². The zero-order valence-corrected chi connectivity index (χ0v) is 11.6. The predicted octanol–water partition coefficient (Wildman–Crippen LogP) is 1.11. The van der Waals surface area contributed by atoms with E-state index in [-0.39, 0.29) is 18.2 Å². The molecule has 1 aliphatic rings. The highest BCUT2D eigenvalue weighted by atomic mass is 16.5. The van der Waals surface area contributed by atoms with Crippen molar-refractivity contribution in [1.82, 2.24) is 10.1 Å². The molecule has 2 N–H and O–H groups in total. The largest absolute Gasteiger partial charge is 0.480 e. The van der Waals surface area contributed by atoms with E-state index in [0.717, 1.165) is 6.42 Å². The van der Waals surface area contributed by atoms with E-state index in [1.807, 2.05) is 11.8 Å². The number of rotatable bonds is 5. The Morgan fingerprint density at radius 3 is 2.95 bits per heavy atom. The van der Waals surface area contributed by atoms with Crippen molar-refractivity contribution in [3.63, 3.8) is 0 Å². The highest BCUT2D eigenvalue weighted by Crippen LogP contribution is 2.24. The average Bonchev–Trinajstić information content (AvgIpc) is 2.93. The summed E-state index contributed by atoms with van der Waals surface area (Å²) in [5.74, 6) is 0.120. The lowest BCUT2D eigenvalue weighted by atomic mass is 10.0. The molecule has 2 heterocycles. The van der Waals surface area contributed by atoms with Crippen LogP contribution in [0.1, 0.15) is 25.5 Å². The van der Waals surface area contributed by atoms with Gasteiger partial charge in [0.05, 0.1) is 0 Å². The number of aromatic nitrogens is 1. The van der Waals surface area contributed by atoms with E-state index in [9.17, 15) is 14.7 Å². The normalized spacial score (nSPS) is 22.9. The highest BCUT2D eigenvalue weighted by Gasteiger charge is 2.36. The van der Waals surface area contributed by atoms with Gasteiger partial charge in [-0.3, -0.25) is 14.5 Å². The van der Waals surface area contributed by atoms with Gasteiger partial charge in [-0.2, -0.15) is 0 Å². The van der Waals surface area contributed by atoms with Gasteiger partial charge in [-0.25, -0.2) is 0 Å². The van der Waals surface area contributed by atoms with Crippen molar-refractivity contribution in [1.29, 1.82) is 0 Å². The van der Waals surface area contributed by atoms with Gasteiger partial charge < -0.3 is 14.9 Å². The summed E-state index contributed by atoms with van der Waals surface area (Å²) in [6.07, 6.45) is 1.09. The molecule has 2 unspecified atom stereocenters. The van der Waals surface area contributed by atoms with Gasteiger partial charge in [0.2, 0.25) is 5.91 Å². The molecular weight excluding hydrogens is 262 g/mol. The summed E-state index contributed by atoms with van der Waals surface area (Å²) >= 11 is 0. The molecule has 7 nitrogen and oxygen atoms in total. The van der Waals surface area contributed by atoms with Crippen LogP contribution in [0.5, 0.6) is 0 Å². The second kappa shape index (κ2) is 6.04. The molecule has 2 atom stereocenters. The fourth-order valence-corrected chi connectivity index (χ4v) is 2.55. The maximum Gasteiger partial charge on any atom is 0.321 e. The number of carboxylic acids is 1. The van der Waals surface area contributed by atoms with Crippen LogP contribution < -0.4 is 5.32 Å². The first-order valence-corrected chi connectivity index (χ1v) is 6.67. The monoisotopic (exact) mass is 281 g/mol. The van der Waals surface area contributed by atoms with Crippen molar-refractivity contribution in [2.75, 3.05) is 18.4 Å². The first kappa shape index (κ1) is 14.5. The number of aliphatic carboxylic acids is 1. The van der Waals surface area contributed by atoms with Crippen LogP contribution in [0.15, 0.2) is 10.6 Å². The van der Waals surface area contributed by atoms with Crippen molar-refractivity contribution >= 4 is 17.7 Å². The lowest BCUT2D eigenvalue weighted by molar-refractivity contribution is -0.143. The standard InChI is InChI=1S/C13H19N3O4/c1-8-3-5-16(12(8)13(18)19)6-4-11(17)14-10-7-9(2)20-15-10/h7-8,12H,3-6H2,1-2H3,(H,18,19)(H,14,15,17). The van der Waals surface area contributed by atoms with Gasteiger partial charge >= 0.3 is 5.97 Å². The van der Waals surface area contributed by atoms with Crippen molar-refractivity contribution in [3.8, 4) is 0 Å². The van der Waals surface area contributed by atoms with Crippen LogP contribution in [-0.4, -0.2) is 46.2 Å². The molecule has 1 aromatic rings. The van der Waals surface area contributed by atoms with E-state index >= 15 is 0 Å². The second-order valence-electron chi connectivity index (χ2n) is 5.21. The zero-order chi connectivity index (χ0) is 14.7. The predicted molar refractivity (Wildman–Crippen MR) is 71.3 cm³/mol. The molecular formula is C13H19N3O4. The van der Waals surface area contributed by atoms with Gasteiger partial charge in [0, 0.05) is 19.0 Å². The minimum Gasteiger partial charge on any atom is -0.480 e. The molecule has 1 fully saturated rings. The zero-order valence-electron chi connectivity index (χ0n) is 11.6. The van der Waals surface area contributed by atoms with Gasteiger partial charge in [0.15, 0.2) is 5.82 Å². The number of amides is 1. The Bertz CT molecular complexity index is 500. The lowest BCUT2D eigenvalue weighted by Crippen LogP contribution is -2.40. The van der Waals surface area contributed by atoms with Crippen LogP contribution in [-0.2, 0) is 9.59 Å². The van der Waals surface area contributed by atoms with E-state index in [2.05, 4.69) is 10.5 Å². The molecule has 110 valence electrons. The maximum atomic E-state index is 11.8. The molecule has 1 saturated heterocycles. The molecule has 1 amide bonds. The summed E-state index contributed by atoms with van der Waals surface area (Å²) < 4.78 is 4.85. The molecule has 1 aliphatic heterocycles. The highest BCUT2D eigenvalue weighted by molar-refractivity contribution is 5.89. The van der Waals surface area contributed by atoms with Crippen LogP contribution in [0.25, 0.3) is 0 Å². The van der Waals surface area contributed by atoms with Gasteiger partial charge in [0.25, 0.3) is 0 Å². The molecule has 1 aromatic heterocycles. The third kappa shape index (κ3) is 3.36. The number of carbonyl (C=O) groups excluding carboxylic acids is 1. The first-order valence-electron chi connectivity index (χ1n) is 6.67. The smallest absolute Gasteiger partial charge is 0.321 e. The summed E-state index contributed by atoms with van der Waals surface area (Å²) in [7, 11) is 0. The average molecular weight is 281 g/mol. The molecule has 0 aromatic carbocycles. The molecule has 0 radical (unpaired) electrons. The third-order valence-corrected chi connectivity index (χ3v) is 3.58. The summed E-state index contributed by atoms with van der Waals surface area (Å²) in [5.41, 5.74) is 0. The SMILES string of the molecule is Cc1cc(NC(=O)CCN2CCC(C)C2C(=O)O)no1. The second-order valence-corrected chi connectivity index (χ2v) is 5.21. The number of aryl methyl sites for hydroxylation is 1. The van der Waals surface area contributed by atoms with E-state index in [1.165, 1.54) is 0 Å². The minimum atomic E-state index is -0.817. The number of hydrogen-bond acceptors (Lipinski definition) is 5. The molecule has 0 spiro atoms. The maximum absolute atomic E-state index is 11.8. The fraction of sp³-hybridized carbons (Fsp3) is 0.615. The minimum absolute atomic E-state index is 0.119. The Labute approximate surface area is 116 Å². The van der Waals surface area contributed by atoms with E-state index < -0.39 is 12.0 Å². The Hall–Kier alpha value is -1.89. The number of hydrogen-bond donors (Lipinski definition) is 2. The lowest BCUT2D eigenvalue weighted by Gasteiger charge is -2.22. The quantitative estimate of drug-likeness (QED) is 0.839. The van der Waals surface area contributed by atoms with Crippen LogP contribution in [0, 0.1) is 12.8 Å². The van der Waals surface area contributed by atoms with Crippen LogP contribution >= 0.6 is 0 Å². The van der Waals surface area contributed by atoms with Gasteiger partial charge in [-0.15, -0.1) is 0 Å². The third-order valence-electron chi connectivity index (χ3n) is 3.58. The Balaban J connectivity index is 1.82. The first-order chi connectivity index (χ1) is 9.47. The topological polar surface area (TPSA) is 95.7 Å². The number of carbonyl (C=O) groups is 2. The van der Waals surface area contributed by atoms with Gasteiger partial charge in [-0.05, 0) is 25.8 Å². The van der Waals surface area contributed by atoms with Gasteiger partial charge in [-0.1, -0.05) is 12.1 Å².